The Hall–Kier alpha value is -2.41. The van der Waals surface area contributed by atoms with E-state index in [0.717, 1.165) is 16.1 Å². The maximum Gasteiger partial charge on any atom is 0.253 e. The van der Waals surface area contributed by atoms with Gasteiger partial charge in [-0.1, -0.05) is 24.3 Å². The third-order valence-corrected chi connectivity index (χ3v) is 5.02. The second-order valence-electron chi connectivity index (χ2n) is 5.73. The molecule has 0 unspecified atom stereocenters. The summed E-state index contributed by atoms with van der Waals surface area (Å²) < 4.78 is 37.4. The first-order chi connectivity index (χ1) is 11.8. The summed E-state index contributed by atoms with van der Waals surface area (Å²) in [5, 5.41) is 2.79. The van der Waals surface area contributed by atoms with Crippen LogP contribution in [0.3, 0.4) is 0 Å². The largest absolute Gasteiger partial charge is 0.352 e. The Morgan fingerprint density at radius 3 is 2.40 bits per heavy atom. The number of para-hydroxylation sites is 1. The molecule has 0 radical (unpaired) electrons. The molecule has 25 heavy (non-hydrogen) atoms. The van der Waals surface area contributed by atoms with Crippen LogP contribution in [-0.2, 0) is 16.4 Å². The molecule has 0 spiro atoms. The number of anilines is 1. The van der Waals surface area contributed by atoms with Gasteiger partial charge in [0.05, 0.1) is 17.5 Å². The van der Waals surface area contributed by atoms with E-state index in [9.17, 15) is 17.6 Å². The molecule has 0 saturated carbocycles. The van der Waals surface area contributed by atoms with Gasteiger partial charge in [-0.2, -0.15) is 0 Å². The lowest BCUT2D eigenvalue weighted by atomic mass is 10.1. The van der Waals surface area contributed by atoms with Crippen molar-refractivity contribution in [3.05, 3.63) is 65.5 Å². The standard InChI is InChI=1S/C18H21FN2O3S/c1-21(25(2,23)24)17-8-4-3-7-16(17)18(22)20-13-5-6-14-9-11-15(19)12-10-14/h3-4,7-12H,5-6,13H2,1-2H3,(H,20,22). The average molecular weight is 364 g/mol. The number of amides is 1. The van der Waals surface area contributed by atoms with Gasteiger partial charge in [-0.25, -0.2) is 12.8 Å². The number of hydrogen-bond donors (Lipinski definition) is 1. The van der Waals surface area contributed by atoms with Gasteiger partial charge >= 0.3 is 0 Å². The van der Waals surface area contributed by atoms with Gasteiger partial charge in [-0.15, -0.1) is 0 Å². The van der Waals surface area contributed by atoms with Crippen molar-refractivity contribution in [3.8, 4) is 0 Å². The molecule has 0 atom stereocenters. The van der Waals surface area contributed by atoms with Crippen molar-refractivity contribution in [2.75, 3.05) is 24.2 Å². The SMILES string of the molecule is CN(c1ccccc1C(=O)NCCCc1ccc(F)cc1)S(C)(=O)=O. The minimum absolute atomic E-state index is 0.274. The number of benzene rings is 2. The van der Waals surface area contributed by atoms with Crippen LogP contribution in [0.1, 0.15) is 22.3 Å². The third-order valence-electron chi connectivity index (χ3n) is 3.83. The molecule has 5 nitrogen and oxygen atoms in total. The number of nitrogens with zero attached hydrogens (tertiary/aromatic N) is 1. The van der Waals surface area contributed by atoms with E-state index >= 15 is 0 Å². The van der Waals surface area contributed by atoms with E-state index < -0.39 is 10.0 Å². The number of sulfonamides is 1. The predicted molar refractivity (Wildman–Crippen MR) is 96.7 cm³/mol. The first-order valence-corrected chi connectivity index (χ1v) is 9.69. The average Bonchev–Trinajstić information content (AvgIpc) is 2.58. The zero-order valence-corrected chi connectivity index (χ0v) is 15.0. The van der Waals surface area contributed by atoms with Crippen LogP contribution < -0.4 is 9.62 Å². The molecule has 2 aromatic carbocycles. The van der Waals surface area contributed by atoms with Crippen LogP contribution >= 0.6 is 0 Å². The highest BCUT2D eigenvalue weighted by Gasteiger charge is 2.18. The molecule has 0 aliphatic rings. The van der Waals surface area contributed by atoms with Crippen LogP contribution in [0.15, 0.2) is 48.5 Å². The Labute approximate surface area is 147 Å². The Balaban J connectivity index is 1.96. The molecule has 134 valence electrons. The highest BCUT2D eigenvalue weighted by atomic mass is 32.2. The van der Waals surface area contributed by atoms with Crippen molar-refractivity contribution < 1.29 is 17.6 Å². The fourth-order valence-corrected chi connectivity index (χ4v) is 2.88. The molecule has 0 aromatic heterocycles. The quantitative estimate of drug-likeness (QED) is 0.768. The fourth-order valence-electron chi connectivity index (χ4n) is 2.36. The van der Waals surface area contributed by atoms with Gasteiger partial charge in [0, 0.05) is 13.6 Å². The predicted octanol–water partition coefficient (Wildman–Crippen LogP) is 2.58. The van der Waals surface area contributed by atoms with E-state index in [2.05, 4.69) is 5.32 Å². The summed E-state index contributed by atoms with van der Waals surface area (Å²) >= 11 is 0. The van der Waals surface area contributed by atoms with Gasteiger partial charge in [0.15, 0.2) is 0 Å². The summed E-state index contributed by atoms with van der Waals surface area (Å²) in [6, 6.07) is 12.8. The molecule has 2 rings (SSSR count). The second kappa shape index (κ2) is 8.11. The first-order valence-electron chi connectivity index (χ1n) is 7.84. The maximum atomic E-state index is 12.9. The summed E-state index contributed by atoms with van der Waals surface area (Å²) in [7, 11) is -2.04. The minimum atomic E-state index is -3.45. The number of hydrogen-bond acceptors (Lipinski definition) is 3. The summed E-state index contributed by atoms with van der Waals surface area (Å²) in [4.78, 5) is 12.4. The number of halogens is 1. The van der Waals surface area contributed by atoms with Crippen molar-refractivity contribution in [1.82, 2.24) is 5.32 Å². The zero-order chi connectivity index (χ0) is 18.4. The van der Waals surface area contributed by atoms with Crippen molar-refractivity contribution in [2.45, 2.75) is 12.8 Å². The van der Waals surface area contributed by atoms with Crippen LogP contribution in [0.4, 0.5) is 10.1 Å². The number of carbonyl (C=O) groups is 1. The number of aryl methyl sites for hydroxylation is 1. The molecule has 1 amide bonds. The van der Waals surface area contributed by atoms with Crippen molar-refractivity contribution >= 4 is 21.6 Å². The van der Waals surface area contributed by atoms with Gasteiger partial charge in [-0.3, -0.25) is 9.10 Å². The van der Waals surface area contributed by atoms with Gasteiger partial charge in [0.25, 0.3) is 5.91 Å². The van der Waals surface area contributed by atoms with Gasteiger partial charge < -0.3 is 5.32 Å². The molecule has 2 aromatic rings. The first kappa shape index (κ1) is 18.9. The lowest BCUT2D eigenvalue weighted by molar-refractivity contribution is 0.0954. The minimum Gasteiger partial charge on any atom is -0.352 e. The Bertz CT molecular complexity index is 836. The normalized spacial score (nSPS) is 11.2. The smallest absolute Gasteiger partial charge is 0.253 e. The molecule has 0 bridgehead atoms. The lowest BCUT2D eigenvalue weighted by Crippen LogP contribution is -2.30. The molecular formula is C18H21FN2O3S. The van der Waals surface area contributed by atoms with Crippen molar-refractivity contribution in [2.24, 2.45) is 0 Å². The van der Waals surface area contributed by atoms with Crippen LogP contribution in [0.5, 0.6) is 0 Å². The third kappa shape index (κ3) is 5.29. The van der Waals surface area contributed by atoms with Crippen LogP contribution in [0.2, 0.25) is 0 Å². The molecule has 0 saturated heterocycles. The molecule has 0 heterocycles. The monoisotopic (exact) mass is 364 g/mol. The molecular weight excluding hydrogens is 343 g/mol. The van der Waals surface area contributed by atoms with Crippen molar-refractivity contribution in [1.29, 1.82) is 0 Å². The number of carbonyl (C=O) groups excluding carboxylic acids is 1. The summed E-state index contributed by atoms with van der Waals surface area (Å²) in [6.45, 7) is 0.438. The summed E-state index contributed by atoms with van der Waals surface area (Å²) in [5.74, 6) is -0.603. The molecule has 0 aliphatic heterocycles. The summed E-state index contributed by atoms with van der Waals surface area (Å²) in [5.41, 5.74) is 1.63. The highest BCUT2D eigenvalue weighted by molar-refractivity contribution is 7.92. The summed E-state index contributed by atoms with van der Waals surface area (Å²) in [6.07, 6.45) is 2.50. The topological polar surface area (TPSA) is 66.5 Å². The van der Waals surface area contributed by atoms with E-state index in [1.165, 1.54) is 19.2 Å². The maximum absolute atomic E-state index is 12.9. The molecule has 0 aliphatic carbocycles. The van der Waals surface area contributed by atoms with Gasteiger partial charge in [0.1, 0.15) is 5.82 Å². The van der Waals surface area contributed by atoms with Crippen LogP contribution in [0, 0.1) is 5.82 Å². The van der Waals surface area contributed by atoms with Gasteiger partial charge in [-0.05, 0) is 42.7 Å². The zero-order valence-electron chi connectivity index (χ0n) is 14.2. The Kier molecular flexibility index (Phi) is 6.14. The van der Waals surface area contributed by atoms with E-state index in [0.29, 0.717) is 30.6 Å². The lowest BCUT2D eigenvalue weighted by Gasteiger charge is -2.19. The second-order valence-corrected chi connectivity index (χ2v) is 7.75. The number of nitrogens with one attached hydrogen (secondary N) is 1. The van der Waals surface area contributed by atoms with Crippen molar-refractivity contribution in [3.63, 3.8) is 0 Å². The van der Waals surface area contributed by atoms with Crippen LogP contribution in [0.25, 0.3) is 0 Å². The molecule has 0 fully saturated rings. The van der Waals surface area contributed by atoms with E-state index in [1.54, 1.807) is 36.4 Å². The number of rotatable bonds is 7. The molecule has 1 N–H and O–H groups in total. The van der Waals surface area contributed by atoms with E-state index in [1.807, 2.05) is 0 Å². The van der Waals surface area contributed by atoms with E-state index in [4.69, 9.17) is 0 Å². The van der Waals surface area contributed by atoms with Crippen LogP contribution in [-0.4, -0.2) is 34.2 Å². The van der Waals surface area contributed by atoms with E-state index in [-0.39, 0.29) is 11.7 Å². The Morgan fingerprint density at radius 1 is 1.12 bits per heavy atom. The molecule has 7 heteroatoms. The Morgan fingerprint density at radius 2 is 1.76 bits per heavy atom. The van der Waals surface area contributed by atoms with Gasteiger partial charge in [0.2, 0.25) is 10.0 Å². The highest BCUT2D eigenvalue weighted by Crippen LogP contribution is 2.21. The fraction of sp³-hybridized carbons (Fsp3) is 0.278.